The van der Waals surface area contributed by atoms with E-state index in [1.54, 1.807) is 13.0 Å². The topological polar surface area (TPSA) is 84.1 Å². The average molecular weight is 270 g/mol. The van der Waals surface area contributed by atoms with Gasteiger partial charge in [0.1, 0.15) is 0 Å². The van der Waals surface area contributed by atoms with Gasteiger partial charge in [0.15, 0.2) is 0 Å². The number of aryl methyl sites for hydroxylation is 1. The molecule has 0 aliphatic carbocycles. The third-order valence-electron chi connectivity index (χ3n) is 3.09. The van der Waals surface area contributed by atoms with Crippen molar-refractivity contribution in [2.24, 2.45) is 0 Å². The first-order valence-corrected chi connectivity index (χ1v) is 7.49. The maximum Gasteiger partial charge on any atom is 0.270 e. The van der Waals surface area contributed by atoms with Crippen molar-refractivity contribution in [3.63, 3.8) is 0 Å². The van der Waals surface area contributed by atoms with Crippen molar-refractivity contribution < 1.29 is 9.13 Å². The molecule has 0 aliphatic heterocycles. The van der Waals surface area contributed by atoms with Gasteiger partial charge >= 0.3 is 0 Å². The highest BCUT2D eigenvalue weighted by Crippen LogP contribution is 2.27. The number of hydrogen-bond acceptors (Lipinski definition) is 4. The monoisotopic (exact) mass is 270 g/mol. The summed E-state index contributed by atoms with van der Waals surface area (Å²) >= 11 is 0. The van der Waals surface area contributed by atoms with E-state index in [1.165, 1.54) is 12.1 Å². The van der Waals surface area contributed by atoms with Crippen molar-refractivity contribution >= 4 is 15.4 Å². The summed E-state index contributed by atoms with van der Waals surface area (Å²) in [4.78, 5) is 10.5. The third-order valence-corrected chi connectivity index (χ3v) is 5.79. The molecule has 0 heterocycles. The second-order valence-corrected chi connectivity index (χ2v) is 6.55. The van der Waals surface area contributed by atoms with Gasteiger partial charge in [-0.15, -0.1) is 0 Å². The van der Waals surface area contributed by atoms with Crippen LogP contribution in [0.1, 0.15) is 32.3 Å². The molecule has 18 heavy (non-hydrogen) atoms. The summed E-state index contributed by atoms with van der Waals surface area (Å²) in [6.07, 6.45) is 1.25. The van der Waals surface area contributed by atoms with Gasteiger partial charge in [0, 0.05) is 17.4 Å². The molecule has 0 saturated heterocycles. The Morgan fingerprint density at radius 1 is 1.39 bits per heavy atom. The molecule has 6 heteroatoms. The van der Waals surface area contributed by atoms with E-state index < -0.39 is 14.7 Å². The molecule has 1 aromatic rings. The number of nitrogens with one attached hydrogen (secondary N) is 1. The Bertz CT molecular complexity index is 548. The van der Waals surface area contributed by atoms with Crippen LogP contribution in [0.2, 0.25) is 0 Å². The smallest absolute Gasteiger partial charge is 0.258 e. The van der Waals surface area contributed by atoms with Gasteiger partial charge in [-0.3, -0.25) is 10.1 Å². The van der Waals surface area contributed by atoms with E-state index in [2.05, 4.69) is 0 Å². The molecule has 0 fully saturated rings. The van der Waals surface area contributed by atoms with Gasteiger partial charge < -0.3 is 0 Å². The van der Waals surface area contributed by atoms with Gasteiger partial charge in [-0.25, -0.2) is 8.99 Å². The van der Waals surface area contributed by atoms with Gasteiger partial charge in [-0.05, 0) is 25.3 Å². The summed E-state index contributed by atoms with van der Waals surface area (Å²) in [6.45, 7) is 5.50. The van der Waals surface area contributed by atoms with Crippen LogP contribution in [0.25, 0.3) is 0 Å². The zero-order valence-electron chi connectivity index (χ0n) is 10.8. The highest BCUT2D eigenvalue weighted by molar-refractivity contribution is 7.93. The van der Waals surface area contributed by atoms with Crippen molar-refractivity contribution in [3.05, 3.63) is 33.9 Å². The van der Waals surface area contributed by atoms with Crippen LogP contribution < -0.4 is 0 Å². The second-order valence-electron chi connectivity index (χ2n) is 4.25. The predicted octanol–water partition coefficient (Wildman–Crippen LogP) is 3.50. The molecule has 0 spiro atoms. The van der Waals surface area contributed by atoms with Crippen LogP contribution in [0, 0.1) is 21.8 Å². The first-order chi connectivity index (χ1) is 8.34. The molecular formula is C12H18N2O3S. The molecule has 0 saturated carbocycles. The molecule has 0 radical (unpaired) electrons. The Balaban J connectivity index is 3.40. The molecule has 1 rings (SSSR count). The van der Waals surface area contributed by atoms with Crippen LogP contribution in [-0.2, 0) is 9.73 Å². The summed E-state index contributed by atoms with van der Waals surface area (Å²) in [5.74, 6) is 0. The molecule has 0 amide bonds. The summed E-state index contributed by atoms with van der Waals surface area (Å²) in [7, 11) is -2.99. The number of benzene rings is 1. The van der Waals surface area contributed by atoms with Gasteiger partial charge in [0.05, 0.1) is 19.5 Å². The maximum atomic E-state index is 12.6. The fourth-order valence-corrected chi connectivity index (χ4v) is 4.11. The van der Waals surface area contributed by atoms with E-state index in [-0.39, 0.29) is 10.9 Å². The van der Waals surface area contributed by atoms with Crippen molar-refractivity contribution in [2.45, 2.75) is 43.8 Å². The molecule has 1 atom stereocenters. The lowest BCUT2D eigenvalue weighted by Gasteiger charge is -2.18. The zero-order chi connectivity index (χ0) is 13.9. The van der Waals surface area contributed by atoms with E-state index in [1.807, 2.05) is 13.8 Å². The van der Waals surface area contributed by atoms with Crippen LogP contribution in [-0.4, -0.2) is 14.4 Å². The molecule has 1 unspecified atom stereocenters. The van der Waals surface area contributed by atoms with Crippen molar-refractivity contribution in [2.75, 3.05) is 0 Å². The molecule has 100 valence electrons. The highest BCUT2D eigenvalue weighted by Gasteiger charge is 2.24. The molecule has 0 aliphatic rings. The number of hydrogen-bond donors (Lipinski definition) is 1. The number of nitro benzene ring substituents is 1. The van der Waals surface area contributed by atoms with Crippen molar-refractivity contribution in [1.29, 1.82) is 4.78 Å². The maximum absolute atomic E-state index is 12.6. The minimum absolute atomic E-state index is 0.110. The Morgan fingerprint density at radius 3 is 2.39 bits per heavy atom. The first-order valence-electron chi connectivity index (χ1n) is 5.87. The number of non-ortho nitro benzene ring substituents is 1. The lowest BCUT2D eigenvalue weighted by Crippen LogP contribution is -2.19. The zero-order valence-corrected chi connectivity index (χ0v) is 11.6. The summed E-state index contributed by atoms with van der Waals surface area (Å²) < 4.78 is 20.7. The van der Waals surface area contributed by atoms with Gasteiger partial charge in [0.25, 0.3) is 5.69 Å². The first kappa shape index (κ1) is 14.6. The van der Waals surface area contributed by atoms with E-state index in [4.69, 9.17) is 4.78 Å². The number of rotatable bonds is 5. The van der Waals surface area contributed by atoms with Crippen LogP contribution in [0.3, 0.4) is 0 Å². The largest absolute Gasteiger partial charge is 0.270 e. The normalized spacial score (nSPS) is 14.4. The molecule has 1 N–H and O–H groups in total. The standard InChI is InChI=1S/C12H18N2O3S/c1-4-11(5-2)18(13,17)12-8-10(14(15)16)7-6-9(12)3/h6-8,11,13H,4-5H2,1-3H3. The Morgan fingerprint density at radius 2 is 1.94 bits per heavy atom. The van der Waals surface area contributed by atoms with Crippen LogP contribution in [0.4, 0.5) is 5.69 Å². The fraction of sp³-hybridized carbons (Fsp3) is 0.500. The molecular weight excluding hydrogens is 252 g/mol. The van der Waals surface area contributed by atoms with E-state index in [9.17, 15) is 14.3 Å². The van der Waals surface area contributed by atoms with E-state index in [0.717, 1.165) is 0 Å². The van der Waals surface area contributed by atoms with Crippen LogP contribution in [0.15, 0.2) is 23.1 Å². The molecule has 0 aromatic heterocycles. The van der Waals surface area contributed by atoms with Gasteiger partial charge in [0.2, 0.25) is 0 Å². The van der Waals surface area contributed by atoms with Crippen LogP contribution >= 0.6 is 0 Å². The Labute approximate surface area is 107 Å². The summed E-state index contributed by atoms with van der Waals surface area (Å²) in [5, 5.41) is 10.5. The second kappa shape index (κ2) is 5.48. The quantitative estimate of drug-likeness (QED) is 0.656. The lowest BCUT2D eigenvalue weighted by atomic mass is 10.2. The minimum Gasteiger partial charge on any atom is -0.258 e. The summed E-state index contributed by atoms with van der Waals surface area (Å²) in [6, 6.07) is 4.22. The Kier molecular flexibility index (Phi) is 4.45. The molecule has 1 aromatic carbocycles. The SMILES string of the molecule is CCC(CC)S(=N)(=O)c1cc([N+](=O)[O-])ccc1C. The number of nitro groups is 1. The van der Waals surface area contributed by atoms with Crippen molar-refractivity contribution in [3.8, 4) is 0 Å². The third kappa shape index (κ3) is 2.69. The number of nitrogens with zero attached hydrogens (tertiary/aromatic N) is 1. The van der Waals surface area contributed by atoms with Gasteiger partial charge in [-0.1, -0.05) is 19.9 Å². The molecule has 5 nitrogen and oxygen atoms in total. The predicted molar refractivity (Wildman–Crippen MR) is 71.3 cm³/mol. The summed E-state index contributed by atoms with van der Waals surface area (Å²) in [5.41, 5.74) is 0.564. The average Bonchev–Trinajstić information content (AvgIpc) is 2.30. The van der Waals surface area contributed by atoms with Crippen molar-refractivity contribution in [1.82, 2.24) is 0 Å². The lowest BCUT2D eigenvalue weighted by molar-refractivity contribution is -0.385. The highest BCUT2D eigenvalue weighted by atomic mass is 32.2. The fourth-order valence-electron chi connectivity index (χ4n) is 1.97. The van der Waals surface area contributed by atoms with Crippen LogP contribution in [0.5, 0.6) is 0 Å². The van der Waals surface area contributed by atoms with E-state index >= 15 is 0 Å². The van der Waals surface area contributed by atoms with Gasteiger partial charge in [-0.2, -0.15) is 0 Å². The molecule has 0 bridgehead atoms. The van der Waals surface area contributed by atoms with E-state index in [0.29, 0.717) is 23.3 Å². The minimum atomic E-state index is -2.99. The Hall–Kier alpha value is -1.43.